The number of hydrogen-bond donors (Lipinski definition) is 1. The Morgan fingerprint density at radius 2 is 2.00 bits per heavy atom. The SMILES string of the molecule is Cc1ccc(C(CN)N2CCCC2C2CCCC2)cc1F. The Balaban J connectivity index is 1.82. The van der Waals surface area contributed by atoms with E-state index in [0.717, 1.165) is 18.0 Å². The van der Waals surface area contributed by atoms with Gasteiger partial charge >= 0.3 is 0 Å². The molecule has 21 heavy (non-hydrogen) atoms. The first-order valence-electron chi connectivity index (χ1n) is 8.42. The molecule has 1 saturated heterocycles. The number of nitrogens with two attached hydrogens (primary N) is 1. The zero-order valence-corrected chi connectivity index (χ0v) is 13.0. The van der Waals surface area contributed by atoms with Crippen molar-refractivity contribution in [3.05, 3.63) is 35.1 Å². The average molecular weight is 290 g/mol. The minimum atomic E-state index is -0.109. The minimum Gasteiger partial charge on any atom is -0.329 e. The van der Waals surface area contributed by atoms with Gasteiger partial charge < -0.3 is 5.73 Å². The lowest BCUT2D eigenvalue weighted by molar-refractivity contribution is 0.138. The van der Waals surface area contributed by atoms with E-state index in [9.17, 15) is 4.39 Å². The van der Waals surface area contributed by atoms with Gasteiger partial charge in [0.05, 0.1) is 0 Å². The summed E-state index contributed by atoms with van der Waals surface area (Å²) in [5.41, 5.74) is 7.83. The van der Waals surface area contributed by atoms with E-state index in [1.807, 2.05) is 13.0 Å². The van der Waals surface area contributed by atoms with Crippen molar-refractivity contribution >= 4 is 0 Å². The number of rotatable bonds is 4. The second-order valence-electron chi connectivity index (χ2n) is 6.75. The van der Waals surface area contributed by atoms with Crippen LogP contribution in [0.1, 0.15) is 55.7 Å². The zero-order valence-electron chi connectivity index (χ0n) is 13.0. The van der Waals surface area contributed by atoms with Crippen LogP contribution in [0.15, 0.2) is 18.2 Å². The molecular formula is C18H27FN2. The number of hydrogen-bond acceptors (Lipinski definition) is 2. The van der Waals surface area contributed by atoms with Gasteiger partial charge in [0.2, 0.25) is 0 Å². The summed E-state index contributed by atoms with van der Waals surface area (Å²) in [5.74, 6) is 0.722. The molecular weight excluding hydrogens is 263 g/mol. The number of benzene rings is 1. The van der Waals surface area contributed by atoms with Gasteiger partial charge in [-0.15, -0.1) is 0 Å². The normalized spacial score (nSPS) is 25.6. The monoisotopic (exact) mass is 290 g/mol. The van der Waals surface area contributed by atoms with Gasteiger partial charge in [0, 0.05) is 18.6 Å². The molecule has 0 amide bonds. The van der Waals surface area contributed by atoms with E-state index in [1.165, 1.54) is 38.5 Å². The lowest BCUT2D eigenvalue weighted by Gasteiger charge is -2.36. The van der Waals surface area contributed by atoms with Crippen LogP contribution in [0.25, 0.3) is 0 Å². The fourth-order valence-corrected chi connectivity index (χ4v) is 4.33. The van der Waals surface area contributed by atoms with Gasteiger partial charge in [-0.2, -0.15) is 0 Å². The van der Waals surface area contributed by atoms with Gasteiger partial charge in [0.25, 0.3) is 0 Å². The van der Waals surface area contributed by atoms with E-state index in [4.69, 9.17) is 5.73 Å². The predicted molar refractivity (Wildman–Crippen MR) is 84.6 cm³/mol. The van der Waals surface area contributed by atoms with Gasteiger partial charge in [0.1, 0.15) is 5.82 Å². The van der Waals surface area contributed by atoms with Gasteiger partial charge in [-0.05, 0) is 62.3 Å². The molecule has 2 nitrogen and oxygen atoms in total. The quantitative estimate of drug-likeness (QED) is 0.914. The summed E-state index contributed by atoms with van der Waals surface area (Å²) in [6.07, 6.45) is 8.02. The summed E-state index contributed by atoms with van der Waals surface area (Å²) >= 11 is 0. The highest BCUT2D eigenvalue weighted by Crippen LogP contribution is 2.39. The van der Waals surface area contributed by atoms with Crippen molar-refractivity contribution in [3.63, 3.8) is 0 Å². The van der Waals surface area contributed by atoms with Crippen LogP contribution in [0, 0.1) is 18.7 Å². The van der Waals surface area contributed by atoms with Crippen molar-refractivity contribution in [2.45, 2.75) is 57.5 Å². The van der Waals surface area contributed by atoms with Crippen LogP contribution < -0.4 is 5.73 Å². The van der Waals surface area contributed by atoms with Crippen LogP contribution in [0.5, 0.6) is 0 Å². The van der Waals surface area contributed by atoms with Crippen molar-refractivity contribution in [1.29, 1.82) is 0 Å². The summed E-state index contributed by atoms with van der Waals surface area (Å²) in [7, 11) is 0. The average Bonchev–Trinajstić information content (AvgIpc) is 3.14. The maximum atomic E-state index is 13.9. The van der Waals surface area contributed by atoms with Gasteiger partial charge in [-0.1, -0.05) is 25.0 Å². The summed E-state index contributed by atoms with van der Waals surface area (Å²) in [6.45, 7) is 3.50. The van der Waals surface area contributed by atoms with Crippen LogP contribution in [-0.2, 0) is 0 Å². The van der Waals surface area contributed by atoms with E-state index < -0.39 is 0 Å². The molecule has 1 aromatic carbocycles. The fraction of sp³-hybridized carbons (Fsp3) is 0.667. The van der Waals surface area contributed by atoms with Crippen LogP contribution >= 0.6 is 0 Å². The number of aryl methyl sites for hydroxylation is 1. The van der Waals surface area contributed by atoms with Crippen LogP contribution in [-0.4, -0.2) is 24.0 Å². The van der Waals surface area contributed by atoms with E-state index in [0.29, 0.717) is 18.2 Å². The second kappa shape index (κ2) is 6.45. The van der Waals surface area contributed by atoms with Crippen LogP contribution in [0.4, 0.5) is 4.39 Å². The largest absolute Gasteiger partial charge is 0.329 e. The molecule has 0 radical (unpaired) electrons. The predicted octanol–water partition coefficient (Wildman–Crippen LogP) is 3.79. The Morgan fingerprint density at radius 3 is 2.67 bits per heavy atom. The van der Waals surface area contributed by atoms with Crippen LogP contribution in [0.2, 0.25) is 0 Å². The molecule has 2 atom stereocenters. The Morgan fingerprint density at radius 1 is 1.24 bits per heavy atom. The first-order chi connectivity index (χ1) is 10.2. The number of nitrogens with zero attached hydrogens (tertiary/aromatic N) is 1. The third-order valence-corrected chi connectivity index (χ3v) is 5.49. The summed E-state index contributed by atoms with van der Waals surface area (Å²) < 4.78 is 13.9. The van der Waals surface area contributed by atoms with Gasteiger partial charge in [-0.25, -0.2) is 4.39 Å². The van der Waals surface area contributed by atoms with E-state index >= 15 is 0 Å². The summed E-state index contributed by atoms with van der Waals surface area (Å²) in [4.78, 5) is 2.57. The third kappa shape index (κ3) is 3.00. The molecule has 3 rings (SSSR count). The smallest absolute Gasteiger partial charge is 0.126 e. The molecule has 2 N–H and O–H groups in total. The molecule has 1 saturated carbocycles. The Hall–Kier alpha value is -0.930. The second-order valence-corrected chi connectivity index (χ2v) is 6.75. The third-order valence-electron chi connectivity index (χ3n) is 5.49. The highest BCUT2D eigenvalue weighted by Gasteiger charge is 2.36. The van der Waals surface area contributed by atoms with E-state index in [-0.39, 0.29) is 11.9 Å². The maximum Gasteiger partial charge on any atom is 0.126 e. The van der Waals surface area contributed by atoms with Crippen molar-refractivity contribution < 1.29 is 4.39 Å². The van der Waals surface area contributed by atoms with Crippen molar-refractivity contribution in [2.75, 3.05) is 13.1 Å². The van der Waals surface area contributed by atoms with Crippen molar-refractivity contribution in [3.8, 4) is 0 Å². The lowest BCUT2D eigenvalue weighted by Crippen LogP contribution is -2.40. The van der Waals surface area contributed by atoms with Crippen LogP contribution in [0.3, 0.4) is 0 Å². The van der Waals surface area contributed by atoms with Crippen molar-refractivity contribution in [2.24, 2.45) is 11.7 Å². The topological polar surface area (TPSA) is 29.3 Å². The first kappa shape index (κ1) is 15.0. The number of halogens is 1. The van der Waals surface area contributed by atoms with E-state index in [1.54, 1.807) is 6.07 Å². The molecule has 2 aliphatic rings. The molecule has 1 aromatic rings. The van der Waals surface area contributed by atoms with Crippen molar-refractivity contribution in [1.82, 2.24) is 4.90 Å². The Bertz CT molecular complexity index is 482. The molecule has 1 aliphatic carbocycles. The summed E-state index contributed by atoms with van der Waals surface area (Å²) in [6, 6.07) is 6.46. The zero-order chi connectivity index (χ0) is 14.8. The van der Waals surface area contributed by atoms with E-state index in [2.05, 4.69) is 11.0 Å². The molecule has 3 heteroatoms. The Kier molecular flexibility index (Phi) is 4.60. The van der Waals surface area contributed by atoms with Gasteiger partial charge in [0.15, 0.2) is 0 Å². The number of likely N-dealkylation sites (tertiary alicyclic amines) is 1. The molecule has 2 fully saturated rings. The molecule has 0 aromatic heterocycles. The highest BCUT2D eigenvalue weighted by molar-refractivity contribution is 5.26. The first-order valence-corrected chi connectivity index (χ1v) is 8.42. The lowest BCUT2D eigenvalue weighted by atomic mass is 9.93. The molecule has 1 heterocycles. The Labute approximate surface area is 127 Å². The van der Waals surface area contributed by atoms with Gasteiger partial charge in [-0.3, -0.25) is 4.90 Å². The molecule has 1 aliphatic heterocycles. The summed E-state index contributed by atoms with van der Waals surface area (Å²) in [5, 5.41) is 0. The standard InChI is InChI=1S/C18H27FN2/c1-13-8-9-15(11-16(13)19)18(12-20)21-10-4-7-17(21)14-5-2-3-6-14/h8-9,11,14,17-18H,2-7,10,12,20H2,1H3. The highest BCUT2D eigenvalue weighted by atomic mass is 19.1. The maximum absolute atomic E-state index is 13.9. The molecule has 2 unspecified atom stereocenters. The molecule has 0 spiro atoms. The minimum absolute atomic E-state index is 0.109. The molecule has 116 valence electrons. The fourth-order valence-electron chi connectivity index (χ4n) is 4.33. The molecule has 0 bridgehead atoms.